The summed E-state index contributed by atoms with van der Waals surface area (Å²) in [4.78, 5) is 12.9. The van der Waals surface area contributed by atoms with Gasteiger partial charge in [0, 0.05) is 6.42 Å². The van der Waals surface area contributed by atoms with Crippen LogP contribution in [-0.2, 0) is 14.3 Å². The molecular weight excluding hydrogens is 887 g/mol. The molecule has 1 heterocycles. The van der Waals surface area contributed by atoms with E-state index in [0.717, 1.165) is 122 Å². The molecule has 1 aliphatic rings. The van der Waals surface area contributed by atoms with Gasteiger partial charge in [-0.2, -0.15) is 0 Å². The SMILES string of the molecule is C/C=C/CC/C=C/CC/C=C/C(O)C(COC1OC(CO)C(O)C(O)C1O)NC(=O)CCCCCCC/C=C\C/C=C\C/C=C\C/C=C\C/C=C\C/C=C\C/C=C\C/C=C\C/C=C\C/C=C\C/C=C\CC. The van der Waals surface area contributed by atoms with Crippen molar-refractivity contribution in [3.63, 3.8) is 0 Å². The molecule has 0 aromatic rings. The quantitative estimate of drug-likeness (QED) is 0.0262. The summed E-state index contributed by atoms with van der Waals surface area (Å²) in [5.74, 6) is -0.223. The van der Waals surface area contributed by atoms with Gasteiger partial charge in [0.1, 0.15) is 24.4 Å². The lowest BCUT2D eigenvalue weighted by Crippen LogP contribution is -2.60. The maximum absolute atomic E-state index is 12.9. The zero-order valence-corrected chi connectivity index (χ0v) is 43.6. The van der Waals surface area contributed by atoms with Crippen LogP contribution in [0.5, 0.6) is 0 Å². The van der Waals surface area contributed by atoms with Crippen LogP contribution >= 0.6 is 0 Å². The minimum Gasteiger partial charge on any atom is -0.394 e. The summed E-state index contributed by atoms with van der Waals surface area (Å²) < 4.78 is 11.2. The van der Waals surface area contributed by atoms with E-state index >= 15 is 0 Å². The summed E-state index contributed by atoms with van der Waals surface area (Å²) in [6, 6.07) is -0.849. The van der Waals surface area contributed by atoms with Gasteiger partial charge in [-0.15, -0.1) is 0 Å². The number of allylic oxidation sites excluding steroid dienone is 27. The molecule has 0 aromatic carbocycles. The standard InChI is InChI=1S/C62H95NO8/c1-3-5-7-9-11-13-14-15-16-17-18-19-20-21-22-23-24-25-26-27-28-29-30-31-32-33-34-35-36-37-38-39-40-41-42-44-46-48-50-52-58(66)63-55(56(65)51-49-47-45-43-12-10-8-6-4-2)54-70-62-61(69)60(68)59(67)57(53-64)71-62/h4-7,11-13,15-16,18-19,21-22,24-25,27-28,30-31,33-34,36-37,39-40,43,49,51,55-57,59-62,64-65,67-69H,3,8-10,14,17,20,23,26,29,32,35,38,41-42,44-48,50,52-54H2,1-2H3,(H,63,66)/b6-4+,7-5-,13-11-,16-15-,19-18-,22-21-,25-24-,28-27-,31-30-,34-33-,37-36-,40-39-,43-12+,51-49+. The number of rotatable bonds is 42. The molecule has 0 radical (unpaired) electrons. The number of amides is 1. The van der Waals surface area contributed by atoms with Gasteiger partial charge in [-0.25, -0.2) is 0 Å². The van der Waals surface area contributed by atoms with Crippen LogP contribution in [0, 0.1) is 0 Å². The van der Waals surface area contributed by atoms with Crippen LogP contribution in [0.15, 0.2) is 170 Å². The summed E-state index contributed by atoms with van der Waals surface area (Å²) >= 11 is 0. The fourth-order valence-electron chi connectivity index (χ4n) is 7.14. The van der Waals surface area contributed by atoms with E-state index in [9.17, 15) is 30.3 Å². The molecule has 7 unspecified atom stereocenters. The molecular formula is C62H95NO8. The minimum atomic E-state index is -1.59. The Hall–Kier alpha value is -4.45. The topological polar surface area (TPSA) is 149 Å². The molecule has 1 fully saturated rings. The van der Waals surface area contributed by atoms with Crippen LogP contribution in [0.25, 0.3) is 0 Å². The summed E-state index contributed by atoms with van der Waals surface area (Å²) in [5.41, 5.74) is 0. The lowest BCUT2D eigenvalue weighted by molar-refractivity contribution is -0.302. The van der Waals surface area contributed by atoms with E-state index in [1.807, 2.05) is 19.1 Å². The first kappa shape index (κ1) is 64.6. The Morgan fingerprint density at radius 2 is 0.901 bits per heavy atom. The van der Waals surface area contributed by atoms with Crippen molar-refractivity contribution in [1.82, 2.24) is 5.32 Å². The van der Waals surface area contributed by atoms with Crippen molar-refractivity contribution >= 4 is 5.91 Å². The smallest absolute Gasteiger partial charge is 0.220 e. The van der Waals surface area contributed by atoms with Gasteiger partial charge in [0.15, 0.2) is 6.29 Å². The molecule has 6 N–H and O–H groups in total. The van der Waals surface area contributed by atoms with Gasteiger partial charge in [0.05, 0.1) is 25.4 Å². The zero-order valence-electron chi connectivity index (χ0n) is 43.6. The van der Waals surface area contributed by atoms with E-state index in [4.69, 9.17) is 9.47 Å². The van der Waals surface area contributed by atoms with Crippen molar-refractivity contribution < 1.29 is 39.8 Å². The first-order chi connectivity index (χ1) is 34.8. The Morgan fingerprint density at radius 3 is 1.35 bits per heavy atom. The van der Waals surface area contributed by atoms with Gasteiger partial charge in [-0.3, -0.25) is 4.79 Å². The fraction of sp³-hybridized carbons (Fsp3) is 0.532. The molecule has 71 heavy (non-hydrogen) atoms. The molecule has 0 spiro atoms. The second kappa shape index (κ2) is 49.1. The normalized spacial score (nSPS) is 20.7. The number of carbonyl (C=O) groups is 1. The van der Waals surface area contributed by atoms with Crippen LogP contribution in [0.1, 0.15) is 155 Å². The van der Waals surface area contributed by atoms with E-state index in [2.05, 4.69) is 164 Å². The van der Waals surface area contributed by atoms with E-state index in [-0.39, 0.29) is 12.5 Å². The molecule has 1 amide bonds. The van der Waals surface area contributed by atoms with Crippen molar-refractivity contribution in [3.05, 3.63) is 170 Å². The highest BCUT2D eigenvalue weighted by atomic mass is 16.7. The molecule has 0 aliphatic carbocycles. The second-order valence-electron chi connectivity index (χ2n) is 17.6. The van der Waals surface area contributed by atoms with E-state index < -0.39 is 49.5 Å². The van der Waals surface area contributed by atoms with Gasteiger partial charge < -0.3 is 40.3 Å². The Morgan fingerprint density at radius 1 is 0.507 bits per heavy atom. The summed E-state index contributed by atoms with van der Waals surface area (Å²) in [7, 11) is 0. The first-order valence-corrected chi connectivity index (χ1v) is 26.8. The number of unbranched alkanes of at least 4 members (excludes halogenated alkanes) is 7. The van der Waals surface area contributed by atoms with Gasteiger partial charge >= 0.3 is 0 Å². The van der Waals surface area contributed by atoms with E-state index in [1.165, 1.54) is 0 Å². The monoisotopic (exact) mass is 982 g/mol. The Balaban J connectivity index is 2.18. The molecule has 0 aromatic heterocycles. The van der Waals surface area contributed by atoms with Crippen LogP contribution in [0.3, 0.4) is 0 Å². The summed E-state index contributed by atoms with van der Waals surface area (Å²) in [6.45, 7) is 3.35. The van der Waals surface area contributed by atoms with Crippen molar-refractivity contribution in [2.75, 3.05) is 13.2 Å². The third kappa shape index (κ3) is 38.8. The Labute approximate surface area is 430 Å². The molecule has 0 bridgehead atoms. The van der Waals surface area contributed by atoms with Crippen molar-refractivity contribution in [2.45, 2.75) is 198 Å². The van der Waals surface area contributed by atoms with Crippen LogP contribution in [-0.4, -0.2) is 87.5 Å². The molecule has 396 valence electrons. The largest absolute Gasteiger partial charge is 0.394 e. The third-order valence-electron chi connectivity index (χ3n) is 11.3. The molecule has 0 saturated carbocycles. The maximum atomic E-state index is 12.9. The number of hydrogen-bond donors (Lipinski definition) is 6. The predicted molar refractivity (Wildman–Crippen MR) is 299 cm³/mol. The lowest BCUT2D eigenvalue weighted by Gasteiger charge is -2.40. The maximum Gasteiger partial charge on any atom is 0.220 e. The van der Waals surface area contributed by atoms with E-state index in [0.29, 0.717) is 19.3 Å². The number of nitrogens with one attached hydrogen (secondary N) is 1. The van der Waals surface area contributed by atoms with Crippen molar-refractivity contribution in [2.24, 2.45) is 0 Å². The molecule has 1 rings (SSSR count). The molecule has 9 heteroatoms. The van der Waals surface area contributed by atoms with Gasteiger partial charge in [-0.05, 0) is 122 Å². The predicted octanol–water partition coefficient (Wildman–Crippen LogP) is 13.1. The fourth-order valence-corrected chi connectivity index (χ4v) is 7.14. The van der Waals surface area contributed by atoms with Crippen molar-refractivity contribution in [1.29, 1.82) is 0 Å². The average Bonchev–Trinajstić information content (AvgIpc) is 3.37. The van der Waals surface area contributed by atoms with Crippen LogP contribution in [0.4, 0.5) is 0 Å². The number of ether oxygens (including phenoxy) is 2. The Kier molecular flexibility index (Phi) is 44.7. The molecule has 7 atom stereocenters. The van der Waals surface area contributed by atoms with E-state index in [1.54, 1.807) is 6.08 Å². The highest BCUT2D eigenvalue weighted by molar-refractivity contribution is 5.76. The van der Waals surface area contributed by atoms with Crippen LogP contribution in [0.2, 0.25) is 0 Å². The minimum absolute atomic E-state index is 0.223. The first-order valence-electron chi connectivity index (χ1n) is 26.8. The zero-order chi connectivity index (χ0) is 51.5. The average molecular weight is 982 g/mol. The van der Waals surface area contributed by atoms with Gasteiger partial charge in [0.25, 0.3) is 0 Å². The Bertz CT molecular complexity index is 1710. The highest BCUT2D eigenvalue weighted by Crippen LogP contribution is 2.22. The third-order valence-corrected chi connectivity index (χ3v) is 11.3. The summed E-state index contributed by atoms with van der Waals surface area (Å²) in [6.07, 6.45) is 73.1. The van der Waals surface area contributed by atoms with Gasteiger partial charge in [0.2, 0.25) is 5.91 Å². The van der Waals surface area contributed by atoms with Gasteiger partial charge in [-0.1, -0.05) is 196 Å². The highest BCUT2D eigenvalue weighted by Gasteiger charge is 2.44. The molecule has 1 aliphatic heterocycles. The van der Waals surface area contributed by atoms with Crippen LogP contribution < -0.4 is 5.32 Å². The number of aliphatic hydroxyl groups excluding tert-OH is 5. The number of carbonyl (C=O) groups excluding carboxylic acids is 1. The molecule has 9 nitrogen and oxygen atoms in total. The lowest BCUT2D eigenvalue weighted by atomic mass is 9.99. The molecule has 1 saturated heterocycles. The number of aliphatic hydroxyl groups is 5. The summed E-state index contributed by atoms with van der Waals surface area (Å²) in [5, 5.41) is 54.0. The number of hydrogen-bond acceptors (Lipinski definition) is 8. The van der Waals surface area contributed by atoms with Crippen molar-refractivity contribution in [3.8, 4) is 0 Å². The second-order valence-corrected chi connectivity index (χ2v) is 17.6.